The van der Waals surface area contributed by atoms with Gasteiger partial charge in [-0.2, -0.15) is 0 Å². The van der Waals surface area contributed by atoms with Gasteiger partial charge in [-0.15, -0.1) is 0 Å². The minimum atomic E-state index is 0.120. The summed E-state index contributed by atoms with van der Waals surface area (Å²) in [5, 5.41) is 12.9. The van der Waals surface area contributed by atoms with E-state index in [1.165, 1.54) is 32.1 Å². The maximum atomic E-state index is 12.8. The molecule has 1 aromatic carbocycles. The molecule has 0 aromatic heterocycles. The lowest BCUT2D eigenvalue weighted by molar-refractivity contribution is 0.0651. The van der Waals surface area contributed by atoms with Gasteiger partial charge in [-0.1, -0.05) is 19.4 Å². The highest BCUT2D eigenvalue weighted by Crippen LogP contribution is 2.29. The number of nitrogens with zero attached hydrogens (tertiary/aromatic N) is 1. The van der Waals surface area contributed by atoms with Crippen LogP contribution >= 0.6 is 0 Å². The van der Waals surface area contributed by atoms with Gasteiger partial charge in [0.2, 0.25) is 0 Å². The zero-order chi connectivity index (χ0) is 17.6. The average Bonchev–Trinajstić information content (AvgIpc) is 2.68. The van der Waals surface area contributed by atoms with Crippen molar-refractivity contribution in [2.24, 2.45) is 11.8 Å². The van der Waals surface area contributed by atoms with Gasteiger partial charge in [-0.05, 0) is 68.6 Å². The number of anilines is 1. The molecule has 0 atom stereocenters. The van der Waals surface area contributed by atoms with Crippen LogP contribution in [0.15, 0.2) is 24.3 Å². The highest BCUT2D eigenvalue weighted by molar-refractivity contribution is 5.95. The maximum Gasteiger partial charge on any atom is 0.253 e. The first-order valence-corrected chi connectivity index (χ1v) is 9.96. The summed E-state index contributed by atoms with van der Waals surface area (Å²) in [5.41, 5.74) is 1.84. The second-order valence-corrected chi connectivity index (χ2v) is 7.77. The molecular weight excluding hydrogens is 312 g/mol. The molecule has 2 aliphatic rings. The lowest BCUT2D eigenvalue weighted by Crippen LogP contribution is -2.39. The van der Waals surface area contributed by atoms with Gasteiger partial charge in [0, 0.05) is 37.0 Å². The van der Waals surface area contributed by atoms with E-state index in [-0.39, 0.29) is 12.5 Å². The molecule has 138 valence electrons. The van der Waals surface area contributed by atoms with E-state index in [2.05, 4.69) is 18.3 Å². The summed E-state index contributed by atoms with van der Waals surface area (Å²) in [6.07, 6.45) is 8.18. The first-order chi connectivity index (χ1) is 12.2. The third-order valence-electron chi connectivity index (χ3n) is 6.06. The number of aliphatic hydroxyl groups is 1. The minimum Gasteiger partial charge on any atom is -0.396 e. The Morgan fingerprint density at radius 3 is 2.48 bits per heavy atom. The SMILES string of the molecule is CCC1CCC(Nc2cccc(C(=O)N3CCC(CO)CC3)c2)CC1. The molecule has 1 saturated heterocycles. The lowest BCUT2D eigenvalue weighted by atomic mass is 9.84. The molecule has 4 heteroatoms. The third kappa shape index (κ3) is 4.75. The highest BCUT2D eigenvalue weighted by Gasteiger charge is 2.24. The summed E-state index contributed by atoms with van der Waals surface area (Å²) >= 11 is 0. The molecule has 1 saturated carbocycles. The molecule has 4 nitrogen and oxygen atoms in total. The predicted octanol–water partition coefficient (Wildman–Crippen LogP) is 3.91. The lowest BCUT2D eigenvalue weighted by Gasteiger charge is -2.31. The van der Waals surface area contributed by atoms with E-state index in [4.69, 9.17) is 0 Å². The molecule has 0 unspecified atom stereocenters. The Hall–Kier alpha value is -1.55. The van der Waals surface area contributed by atoms with Crippen LogP contribution in [0.2, 0.25) is 0 Å². The second-order valence-electron chi connectivity index (χ2n) is 7.77. The molecule has 1 aromatic rings. The second kappa shape index (κ2) is 8.70. The van der Waals surface area contributed by atoms with E-state index in [0.717, 1.165) is 43.1 Å². The number of hydrogen-bond acceptors (Lipinski definition) is 3. The maximum absolute atomic E-state index is 12.8. The van der Waals surface area contributed by atoms with Crippen LogP contribution in [0.5, 0.6) is 0 Å². The molecule has 3 rings (SSSR count). The van der Waals surface area contributed by atoms with Crippen molar-refractivity contribution >= 4 is 11.6 Å². The van der Waals surface area contributed by atoms with Gasteiger partial charge >= 0.3 is 0 Å². The monoisotopic (exact) mass is 344 g/mol. The fraction of sp³-hybridized carbons (Fsp3) is 0.667. The zero-order valence-electron chi connectivity index (χ0n) is 15.4. The topological polar surface area (TPSA) is 52.6 Å². The number of benzene rings is 1. The molecule has 1 heterocycles. The van der Waals surface area contributed by atoms with Crippen LogP contribution in [0.3, 0.4) is 0 Å². The van der Waals surface area contributed by atoms with E-state index >= 15 is 0 Å². The third-order valence-corrected chi connectivity index (χ3v) is 6.06. The first-order valence-electron chi connectivity index (χ1n) is 9.96. The number of hydrogen-bond donors (Lipinski definition) is 2. The Balaban J connectivity index is 1.57. The average molecular weight is 344 g/mol. The molecule has 1 aliphatic heterocycles. The van der Waals surface area contributed by atoms with Crippen LogP contribution in [-0.2, 0) is 0 Å². The molecule has 0 bridgehead atoms. The fourth-order valence-electron chi connectivity index (χ4n) is 4.19. The van der Waals surface area contributed by atoms with Gasteiger partial charge in [0.1, 0.15) is 0 Å². The molecule has 2 N–H and O–H groups in total. The largest absolute Gasteiger partial charge is 0.396 e. The Labute approximate surface area is 151 Å². The summed E-state index contributed by atoms with van der Waals surface area (Å²) in [6, 6.07) is 8.51. The molecule has 0 radical (unpaired) electrons. The smallest absolute Gasteiger partial charge is 0.253 e. The van der Waals surface area contributed by atoms with Crippen molar-refractivity contribution in [3.8, 4) is 0 Å². The van der Waals surface area contributed by atoms with Crippen LogP contribution < -0.4 is 5.32 Å². The molecule has 0 spiro atoms. The summed E-state index contributed by atoms with van der Waals surface area (Å²) < 4.78 is 0. The van der Waals surface area contributed by atoms with Gasteiger partial charge in [-0.25, -0.2) is 0 Å². The van der Waals surface area contributed by atoms with E-state index < -0.39 is 0 Å². The number of amides is 1. The quantitative estimate of drug-likeness (QED) is 0.851. The van der Waals surface area contributed by atoms with Gasteiger partial charge in [-0.3, -0.25) is 4.79 Å². The highest BCUT2D eigenvalue weighted by atomic mass is 16.3. The van der Waals surface area contributed by atoms with Crippen LogP contribution in [0, 0.1) is 11.8 Å². The van der Waals surface area contributed by atoms with Crippen LogP contribution in [0.4, 0.5) is 5.69 Å². The Bertz CT molecular complexity index is 559. The molecular formula is C21H32N2O2. The molecule has 1 amide bonds. The van der Waals surface area contributed by atoms with Crippen molar-refractivity contribution in [1.29, 1.82) is 0 Å². The van der Waals surface area contributed by atoms with E-state index in [1.54, 1.807) is 0 Å². The number of likely N-dealkylation sites (tertiary alicyclic amines) is 1. The van der Waals surface area contributed by atoms with Gasteiger partial charge in [0.15, 0.2) is 0 Å². The number of carbonyl (C=O) groups is 1. The van der Waals surface area contributed by atoms with Crippen LogP contribution in [0.25, 0.3) is 0 Å². The number of carbonyl (C=O) groups excluding carboxylic acids is 1. The van der Waals surface area contributed by atoms with Gasteiger partial charge < -0.3 is 15.3 Å². The minimum absolute atomic E-state index is 0.120. The van der Waals surface area contributed by atoms with Crippen molar-refractivity contribution in [1.82, 2.24) is 4.90 Å². The molecule has 25 heavy (non-hydrogen) atoms. The summed E-state index contributed by atoms with van der Waals surface area (Å²) in [4.78, 5) is 14.7. The van der Waals surface area contributed by atoms with Crippen molar-refractivity contribution in [3.63, 3.8) is 0 Å². The summed E-state index contributed by atoms with van der Waals surface area (Å²) in [5.74, 6) is 1.37. The fourth-order valence-corrected chi connectivity index (χ4v) is 4.19. The number of aliphatic hydroxyl groups excluding tert-OH is 1. The van der Waals surface area contributed by atoms with E-state index in [9.17, 15) is 9.90 Å². The number of piperidine rings is 1. The summed E-state index contributed by atoms with van der Waals surface area (Å²) in [7, 11) is 0. The van der Waals surface area contributed by atoms with Crippen molar-refractivity contribution in [2.75, 3.05) is 25.0 Å². The first kappa shape index (κ1) is 18.2. The molecule has 2 fully saturated rings. The number of rotatable bonds is 5. The Morgan fingerprint density at radius 2 is 1.84 bits per heavy atom. The predicted molar refractivity (Wildman–Crippen MR) is 102 cm³/mol. The summed E-state index contributed by atoms with van der Waals surface area (Å²) in [6.45, 7) is 4.03. The van der Waals surface area contributed by atoms with Crippen molar-refractivity contribution in [3.05, 3.63) is 29.8 Å². The molecule has 1 aliphatic carbocycles. The Kier molecular flexibility index (Phi) is 6.35. The van der Waals surface area contributed by atoms with Crippen molar-refractivity contribution < 1.29 is 9.90 Å². The number of nitrogens with one attached hydrogen (secondary N) is 1. The zero-order valence-corrected chi connectivity index (χ0v) is 15.4. The van der Waals surface area contributed by atoms with Gasteiger partial charge in [0.25, 0.3) is 5.91 Å². The van der Waals surface area contributed by atoms with E-state index in [0.29, 0.717) is 12.0 Å². The van der Waals surface area contributed by atoms with Crippen molar-refractivity contribution in [2.45, 2.75) is 57.9 Å². The standard InChI is InChI=1S/C21H32N2O2/c1-2-16-6-8-19(9-7-16)22-20-5-3-4-18(14-20)21(25)23-12-10-17(15-24)11-13-23/h3-5,14,16-17,19,22,24H,2,6-13,15H2,1H3. The van der Waals surface area contributed by atoms with Crippen LogP contribution in [0.1, 0.15) is 62.2 Å². The Morgan fingerprint density at radius 1 is 1.12 bits per heavy atom. The van der Waals surface area contributed by atoms with E-state index in [1.807, 2.05) is 23.1 Å². The van der Waals surface area contributed by atoms with Gasteiger partial charge in [0.05, 0.1) is 0 Å². The normalized spacial score (nSPS) is 25.0. The van der Waals surface area contributed by atoms with Crippen LogP contribution in [-0.4, -0.2) is 41.7 Å².